The summed E-state index contributed by atoms with van der Waals surface area (Å²) in [5.74, 6) is 0.678. The third-order valence-corrected chi connectivity index (χ3v) is 10.9. The van der Waals surface area contributed by atoms with Crippen LogP contribution in [0.15, 0.2) is 199 Å². The fourth-order valence-electron chi connectivity index (χ4n) is 8.32. The van der Waals surface area contributed by atoms with Gasteiger partial charge in [-0.2, -0.15) is 0 Å². The molecule has 0 bridgehead atoms. The second-order valence-corrected chi connectivity index (χ2v) is 14.1. The Kier molecular flexibility index (Phi) is 7.17. The van der Waals surface area contributed by atoms with Gasteiger partial charge in [-0.25, -0.2) is 9.97 Å². The molecule has 0 aliphatic carbocycles. The second-order valence-electron chi connectivity index (χ2n) is 14.1. The summed E-state index contributed by atoms with van der Waals surface area (Å²) in [5.41, 5.74) is 10.9. The van der Waals surface area contributed by atoms with Crippen LogP contribution in [-0.4, -0.2) is 9.97 Å². The molecule has 0 spiro atoms. The molecule has 0 fully saturated rings. The molecular formula is C52H32N2O. The van der Waals surface area contributed by atoms with E-state index in [4.69, 9.17) is 14.4 Å². The molecule has 3 nitrogen and oxygen atoms in total. The van der Waals surface area contributed by atoms with Crippen LogP contribution in [0.2, 0.25) is 0 Å². The number of benzene rings is 9. The maximum Gasteiger partial charge on any atom is 0.160 e. The van der Waals surface area contributed by atoms with Gasteiger partial charge in [-0.3, -0.25) is 0 Å². The molecule has 0 radical (unpaired) electrons. The fourth-order valence-corrected chi connectivity index (χ4v) is 8.32. The fraction of sp³-hybridized carbons (Fsp3) is 0. The zero-order chi connectivity index (χ0) is 36.3. The summed E-state index contributed by atoms with van der Waals surface area (Å²) in [7, 11) is 0. The predicted molar refractivity (Wildman–Crippen MR) is 229 cm³/mol. The van der Waals surface area contributed by atoms with Crippen molar-refractivity contribution in [2.24, 2.45) is 0 Å². The van der Waals surface area contributed by atoms with Crippen molar-refractivity contribution in [1.82, 2.24) is 9.97 Å². The van der Waals surface area contributed by atoms with Gasteiger partial charge in [0, 0.05) is 33.0 Å². The number of furan rings is 1. The number of hydrogen-bond acceptors (Lipinski definition) is 3. The van der Waals surface area contributed by atoms with Gasteiger partial charge in [-0.1, -0.05) is 170 Å². The largest absolute Gasteiger partial charge is 0.455 e. The van der Waals surface area contributed by atoms with Crippen LogP contribution in [0.25, 0.3) is 110 Å². The number of aromatic nitrogens is 2. The third kappa shape index (κ3) is 5.20. The van der Waals surface area contributed by atoms with Crippen LogP contribution < -0.4 is 0 Å². The Morgan fingerprint density at radius 2 is 0.964 bits per heavy atom. The lowest BCUT2D eigenvalue weighted by Crippen LogP contribution is -1.97. The monoisotopic (exact) mass is 700 g/mol. The first-order valence-electron chi connectivity index (χ1n) is 18.7. The van der Waals surface area contributed by atoms with Crippen LogP contribution in [0.3, 0.4) is 0 Å². The molecule has 9 aromatic carbocycles. The standard InChI is InChI=1S/C52H32N2O/c1-2-15-34(16-3-1)52-53-47(32-48(54-52)41-23-9-8-22-40(41)44-25-13-26-45-42-24-10-11-27-49(42)55-51(44)45)36-18-12-19-37(30-36)50-39-21-7-5-17-35(39)31-46-38-20-6-4-14-33(38)28-29-43(46)50/h1-32H. The van der Waals surface area contributed by atoms with E-state index < -0.39 is 0 Å². The molecule has 0 saturated heterocycles. The van der Waals surface area contributed by atoms with Crippen LogP contribution in [0, 0.1) is 0 Å². The van der Waals surface area contributed by atoms with Gasteiger partial charge < -0.3 is 4.42 Å². The maximum atomic E-state index is 6.52. The normalized spacial score (nSPS) is 11.6. The summed E-state index contributed by atoms with van der Waals surface area (Å²) >= 11 is 0. The Morgan fingerprint density at radius 3 is 1.85 bits per heavy atom. The zero-order valence-electron chi connectivity index (χ0n) is 29.8. The van der Waals surface area contributed by atoms with E-state index in [0.717, 1.165) is 66.7 Å². The lowest BCUT2D eigenvalue weighted by molar-refractivity contribution is 0.670. The third-order valence-electron chi connectivity index (χ3n) is 10.9. The molecule has 0 atom stereocenters. The summed E-state index contributed by atoms with van der Waals surface area (Å²) in [6.45, 7) is 0. The lowest BCUT2D eigenvalue weighted by atomic mass is 9.89. The molecule has 0 amide bonds. The van der Waals surface area contributed by atoms with Crippen molar-refractivity contribution in [3.05, 3.63) is 194 Å². The van der Waals surface area contributed by atoms with Crippen molar-refractivity contribution < 1.29 is 4.42 Å². The Labute approximate surface area is 317 Å². The highest BCUT2D eigenvalue weighted by molar-refractivity contribution is 6.20. The van der Waals surface area contributed by atoms with Crippen LogP contribution in [-0.2, 0) is 0 Å². The number of rotatable bonds is 5. The van der Waals surface area contributed by atoms with Crippen molar-refractivity contribution in [1.29, 1.82) is 0 Å². The van der Waals surface area contributed by atoms with Crippen LogP contribution in [0.4, 0.5) is 0 Å². The van der Waals surface area contributed by atoms with E-state index in [1.165, 1.54) is 37.9 Å². The van der Waals surface area contributed by atoms with Crippen molar-refractivity contribution >= 4 is 54.3 Å². The topological polar surface area (TPSA) is 38.9 Å². The number of fused-ring (bicyclic) bond motifs is 7. The van der Waals surface area contributed by atoms with Crippen LogP contribution >= 0.6 is 0 Å². The van der Waals surface area contributed by atoms with Crippen LogP contribution in [0.1, 0.15) is 0 Å². The van der Waals surface area contributed by atoms with Crippen molar-refractivity contribution in [3.63, 3.8) is 0 Å². The van der Waals surface area contributed by atoms with E-state index in [1.54, 1.807) is 0 Å². The Hall–Kier alpha value is -7.36. The van der Waals surface area contributed by atoms with Gasteiger partial charge in [0.1, 0.15) is 11.2 Å². The Morgan fingerprint density at radius 1 is 0.327 bits per heavy atom. The van der Waals surface area contributed by atoms with E-state index in [2.05, 4.69) is 164 Å². The summed E-state index contributed by atoms with van der Waals surface area (Å²) in [4.78, 5) is 10.5. The molecule has 0 saturated carbocycles. The first-order valence-corrected chi connectivity index (χ1v) is 18.7. The zero-order valence-corrected chi connectivity index (χ0v) is 29.8. The summed E-state index contributed by atoms with van der Waals surface area (Å²) < 4.78 is 6.52. The molecule has 3 heteroatoms. The number of nitrogens with zero attached hydrogens (tertiary/aromatic N) is 2. The minimum Gasteiger partial charge on any atom is -0.455 e. The van der Waals surface area contributed by atoms with Crippen molar-refractivity contribution in [3.8, 4) is 56.2 Å². The highest BCUT2D eigenvalue weighted by Gasteiger charge is 2.19. The van der Waals surface area contributed by atoms with Gasteiger partial charge in [0.05, 0.1) is 11.4 Å². The molecule has 0 N–H and O–H groups in total. The van der Waals surface area contributed by atoms with Crippen LogP contribution in [0.5, 0.6) is 0 Å². The molecule has 256 valence electrons. The molecule has 0 aliphatic rings. The maximum absolute atomic E-state index is 6.52. The highest BCUT2D eigenvalue weighted by atomic mass is 16.3. The van der Waals surface area contributed by atoms with Gasteiger partial charge in [-0.05, 0) is 73.3 Å². The van der Waals surface area contributed by atoms with E-state index in [1.807, 2.05) is 30.3 Å². The van der Waals surface area contributed by atoms with Gasteiger partial charge in [-0.15, -0.1) is 0 Å². The molecule has 11 rings (SSSR count). The van der Waals surface area contributed by atoms with E-state index in [9.17, 15) is 0 Å². The van der Waals surface area contributed by atoms with Crippen molar-refractivity contribution in [2.75, 3.05) is 0 Å². The van der Waals surface area contributed by atoms with Gasteiger partial charge >= 0.3 is 0 Å². The first kappa shape index (κ1) is 31.2. The molecule has 2 heterocycles. The number of hydrogen-bond donors (Lipinski definition) is 0. The summed E-state index contributed by atoms with van der Waals surface area (Å²) in [6, 6.07) is 68.6. The smallest absolute Gasteiger partial charge is 0.160 e. The molecular weight excluding hydrogens is 669 g/mol. The molecule has 0 unspecified atom stereocenters. The second kappa shape index (κ2) is 12.6. The Balaban J connectivity index is 1.13. The molecule has 55 heavy (non-hydrogen) atoms. The van der Waals surface area contributed by atoms with E-state index in [-0.39, 0.29) is 0 Å². The Bertz CT molecular complexity index is 3270. The molecule has 2 aromatic heterocycles. The van der Waals surface area contributed by atoms with Gasteiger partial charge in [0.15, 0.2) is 5.82 Å². The van der Waals surface area contributed by atoms with Gasteiger partial charge in [0.25, 0.3) is 0 Å². The van der Waals surface area contributed by atoms with E-state index in [0.29, 0.717) is 5.82 Å². The lowest BCUT2D eigenvalue weighted by Gasteiger charge is -2.16. The molecule has 0 aliphatic heterocycles. The van der Waals surface area contributed by atoms with Gasteiger partial charge in [0.2, 0.25) is 0 Å². The quantitative estimate of drug-likeness (QED) is 0.133. The SMILES string of the molecule is c1ccc(-c2nc(-c3cccc(-c4c5ccccc5cc5c4ccc4ccccc45)c3)cc(-c3ccccc3-c3cccc4c3oc3ccccc34)n2)cc1. The highest BCUT2D eigenvalue weighted by Crippen LogP contribution is 2.42. The van der Waals surface area contributed by atoms with E-state index >= 15 is 0 Å². The predicted octanol–water partition coefficient (Wildman–Crippen LogP) is 14.2. The summed E-state index contributed by atoms with van der Waals surface area (Å²) in [6.07, 6.45) is 0. The minimum absolute atomic E-state index is 0.678. The minimum atomic E-state index is 0.678. The average molecular weight is 701 g/mol. The summed E-state index contributed by atoms with van der Waals surface area (Å²) in [5, 5.41) is 9.64. The number of para-hydroxylation sites is 2. The first-order chi connectivity index (χ1) is 27.3. The molecule has 11 aromatic rings. The average Bonchev–Trinajstić information content (AvgIpc) is 3.65. The van der Waals surface area contributed by atoms with Crippen molar-refractivity contribution in [2.45, 2.75) is 0 Å².